The van der Waals surface area contributed by atoms with Gasteiger partial charge in [0.15, 0.2) is 0 Å². The van der Waals surface area contributed by atoms with Crippen molar-refractivity contribution in [1.29, 1.82) is 0 Å². The summed E-state index contributed by atoms with van der Waals surface area (Å²) < 4.78 is 0. The number of nitrogens with one attached hydrogen (secondary N) is 1. The number of benzene rings is 1. The van der Waals surface area contributed by atoms with Gasteiger partial charge in [-0.2, -0.15) is 0 Å². The molecule has 1 aliphatic carbocycles. The minimum absolute atomic E-state index is 0.0628. The summed E-state index contributed by atoms with van der Waals surface area (Å²) in [5.41, 5.74) is 2.55. The molecule has 0 saturated heterocycles. The van der Waals surface area contributed by atoms with Crippen molar-refractivity contribution in [2.75, 3.05) is 13.6 Å². The molecule has 4 heteroatoms. The lowest BCUT2D eigenvalue weighted by atomic mass is 9.86. The van der Waals surface area contributed by atoms with Crippen LogP contribution in [0.5, 0.6) is 0 Å². The Kier molecular flexibility index (Phi) is 4.27. The van der Waals surface area contributed by atoms with Gasteiger partial charge in [-0.3, -0.25) is 9.69 Å². The van der Waals surface area contributed by atoms with E-state index in [1.807, 2.05) is 6.07 Å². The smallest absolute Gasteiger partial charge is 0.223 e. The molecular weight excluding hydrogens is 264 g/mol. The molecule has 4 nitrogen and oxygen atoms in total. The zero-order valence-corrected chi connectivity index (χ0v) is 12.6. The van der Waals surface area contributed by atoms with Crippen LogP contribution in [0, 0.1) is 5.92 Å². The molecule has 2 N–H and O–H groups in total. The van der Waals surface area contributed by atoms with E-state index in [4.69, 9.17) is 0 Å². The number of amides is 1. The van der Waals surface area contributed by atoms with Crippen LogP contribution in [0.2, 0.25) is 0 Å². The molecule has 2 aliphatic rings. The largest absolute Gasteiger partial charge is 0.393 e. The molecule has 1 unspecified atom stereocenters. The normalized spacial score (nSPS) is 29.7. The fraction of sp³-hybridized carbons (Fsp3) is 0.588. The number of carbonyl (C=O) groups is 1. The van der Waals surface area contributed by atoms with Gasteiger partial charge < -0.3 is 10.4 Å². The fourth-order valence-corrected chi connectivity index (χ4v) is 3.53. The van der Waals surface area contributed by atoms with Crippen molar-refractivity contribution in [1.82, 2.24) is 10.2 Å². The van der Waals surface area contributed by atoms with Gasteiger partial charge in [0, 0.05) is 19.0 Å². The minimum Gasteiger partial charge on any atom is -0.393 e. The second kappa shape index (κ2) is 6.16. The van der Waals surface area contributed by atoms with Gasteiger partial charge >= 0.3 is 0 Å². The molecule has 1 aromatic carbocycles. The number of hydrogen-bond donors (Lipinski definition) is 2. The summed E-state index contributed by atoms with van der Waals surface area (Å²) in [6, 6.07) is 8.44. The van der Waals surface area contributed by atoms with E-state index in [-0.39, 0.29) is 24.0 Å². The zero-order chi connectivity index (χ0) is 14.8. The number of hydrogen-bond acceptors (Lipinski definition) is 3. The van der Waals surface area contributed by atoms with Crippen LogP contribution in [-0.4, -0.2) is 35.6 Å². The first kappa shape index (κ1) is 14.5. The Morgan fingerprint density at radius 1 is 1.24 bits per heavy atom. The van der Waals surface area contributed by atoms with Crippen LogP contribution in [-0.2, 0) is 11.3 Å². The molecule has 1 saturated carbocycles. The molecule has 0 radical (unpaired) electrons. The van der Waals surface area contributed by atoms with Crippen LogP contribution in [0.15, 0.2) is 24.3 Å². The Morgan fingerprint density at radius 2 is 1.95 bits per heavy atom. The van der Waals surface area contributed by atoms with Gasteiger partial charge in [-0.05, 0) is 43.9 Å². The van der Waals surface area contributed by atoms with Crippen LogP contribution in [0.1, 0.15) is 42.9 Å². The third-order valence-corrected chi connectivity index (χ3v) is 4.75. The number of likely N-dealkylation sites (N-methyl/N-ethyl adjacent to an activating group) is 1. The van der Waals surface area contributed by atoms with Crippen molar-refractivity contribution < 1.29 is 9.90 Å². The molecule has 0 spiro atoms. The molecule has 1 aliphatic heterocycles. The van der Waals surface area contributed by atoms with Crippen LogP contribution >= 0.6 is 0 Å². The Balaban J connectivity index is 1.68. The average molecular weight is 288 g/mol. The Bertz CT molecular complexity index is 509. The first-order valence-electron chi connectivity index (χ1n) is 7.88. The predicted octanol–water partition coefficient (Wildman–Crippen LogP) is 1.84. The van der Waals surface area contributed by atoms with Crippen molar-refractivity contribution in [2.45, 2.75) is 44.4 Å². The highest BCUT2D eigenvalue weighted by Gasteiger charge is 2.29. The molecule has 0 aromatic heterocycles. The molecule has 1 aromatic rings. The SMILES string of the molecule is CN1Cc2ccccc2C(NC(=O)C2CCC(O)CC2)C1. The number of aliphatic hydroxyl groups excluding tert-OH is 1. The lowest BCUT2D eigenvalue weighted by molar-refractivity contribution is -0.127. The van der Waals surface area contributed by atoms with E-state index in [1.54, 1.807) is 0 Å². The maximum Gasteiger partial charge on any atom is 0.223 e. The number of fused-ring (bicyclic) bond motifs is 1. The third kappa shape index (κ3) is 3.27. The van der Waals surface area contributed by atoms with Gasteiger partial charge in [0.25, 0.3) is 0 Å². The van der Waals surface area contributed by atoms with Gasteiger partial charge in [0.1, 0.15) is 0 Å². The summed E-state index contributed by atoms with van der Waals surface area (Å²) >= 11 is 0. The van der Waals surface area contributed by atoms with Crippen LogP contribution < -0.4 is 5.32 Å². The summed E-state index contributed by atoms with van der Waals surface area (Å²) in [5.74, 6) is 0.213. The summed E-state index contributed by atoms with van der Waals surface area (Å²) in [4.78, 5) is 14.7. The van der Waals surface area contributed by atoms with E-state index in [9.17, 15) is 9.90 Å². The van der Waals surface area contributed by atoms with Crippen LogP contribution in [0.4, 0.5) is 0 Å². The molecule has 21 heavy (non-hydrogen) atoms. The van der Waals surface area contributed by atoms with Crippen LogP contribution in [0.25, 0.3) is 0 Å². The van der Waals surface area contributed by atoms with Crippen molar-refractivity contribution in [3.8, 4) is 0 Å². The van der Waals surface area contributed by atoms with Gasteiger partial charge in [-0.1, -0.05) is 24.3 Å². The summed E-state index contributed by atoms with van der Waals surface area (Å²) in [5, 5.41) is 12.8. The first-order valence-corrected chi connectivity index (χ1v) is 7.88. The van der Waals surface area contributed by atoms with Crippen molar-refractivity contribution >= 4 is 5.91 Å². The van der Waals surface area contributed by atoms with Gasteiger partial charge in [-0.25, -0.2) is 0 Å². The standard InChI is InChI=1S/C17H24N2O2/c1-19-10-13-4-2-3-5-15(13)16(11-19)18-17(21)12-6-8-14(20)9-7-12/h2-5,12,14,16,20H,6-11H2,1H3,(H,18,21). The topological polar surface area (TPSA) is 52.6 Å². The predicted molar refractivity (Wildman–Crippen MR) is 81.6 cm³/mol. The number of carbonyl (C=O) groups excluding carboxylic acids is 1. The monoisotopic (exact) mass is 288 g/mol. The van der Waals surface area contributed by atoms with E-state index in [2.05, 4.69) is 35.5 Å². The lowest BCUT2D eigenvalue weighted by Crippen LogP contribution is -2.43. The average Bonchev–Trinajstić information content (AvgIpc) is 2.47. The number of nitrogens with zero attached hydrogens (tertiary/aromatic N) is 1. The molecule has 1 fully saturated rings. The van der Waals surface area contributed by atoms with Gasteiger partial charge in [-0.15, -0.1) is 0 Å². The quantitative estimate of drug-likeness (QED) is 0.873. The number of rotatable bonds is 2. The third-order valence-electron chi connectivity index (χ3n) is 4.75. The number of aliphatic hydroxyl groups is 1. The Labute approximate surface area is 126 Å². The van der Waals surface area contributed by atoms with Gasteiger partial charge in [0.05, 0.1) is 12.1 Å². The van der Waals surface area contributed by atoms with Crippen molar-refractivity contribution in [3.05, 3.63) is 35.4 Å². The highest BCUT2D eigenvalue weighted by molar-refractivity contribution is 5.79. The minimum atomic E-state index is -0.212. The molecular formula is C17H24N2O2. The molecule has 114 valence electrons. The Morgan fingerprint density at radius 3 is 2.71 bits per heavy atom. The van der Waals surface area contributed by atoms with E-state index < -0.39 is 0 Å². The zero-order valence-electron chi connectivity index (χ0n) is 12.6. The maximum atomic E-state index is 12.5. The van der Waals surface area contributed by atoms with Crippen molar-refractivity contribution in [3.63, 3.8) is 0 Å². The Hall–Kier alpha value is -1.39. The summed E-state index contributed by atoms with van der Waals surface area (Å²) in [6.45, 7) is 1.80. The van der Waals surface area contributed by atoms with Crippen LogP contribution in [0.3, 0.4) is 0 Å². The summed E-state index contributed by atoms with van der Waals surface area (Å²) in [6.07, 6.45) is 2.89. The highest BCUT2D eigenvalue weighted by atomic mass is 16.3. The second-order valence-corrected chi connectivity index (χ2v) is 6.46. The lowest BCUT2D eigenvalue weighted by Gasteiger charge is -2.34. The fourth-order valence-electron chi connectivity index (χ4n) is 3.53. The van der Waals surface area contributed by atoms with E-state index in [1.165, 1.54) is 11.1 Å². The summed E-state index contributed by atoms with van der Waals surface area (Å²) in [7, 11) is 2.09. The highest BCUT2D eigenvalue weighted by Crippen LogP contribution is 2.28. The van der Waals surface area contributed by atoms with E-state index in [0.29, 0.717) is 0 Å². The molecule has 0 bridgehead atoms. The first-order chi connectivity index (χ1) is 10.1. The molecule has 1 amide bonds. The second-order valence-electron chi connectivity index (χ2n) is 6.46. The van der Waals surface area contributed by atoms with Crippen molar-refractivity contribution in [2.24, 2.45) is 5.92 Å². The molecule has 3 rings (SSSR count). The maximum absolute atomic E-state index is 12.5. The van der Waals surface area contributed by atoms with E-state index in [0.717, 1.165) is 38.8 Å². The van der Waals surface area contributed by atoms with E-state index >= 15 is 0 Å². The molecule has 1 atom stereocenters. The molecule has 1 heterocycles. The van der Waals surface area contributed by atoms with Gasteiger partial charge in [0.2, 0.25) is 5.91 Å².